The van der Waals surface area contributed by atoms with Gasteiger partial charge in [0.15, 0.2) is 0 Å². The zero-order chi connectivity index (χ0) is 14.1. The molecule has 6 heteroatoms. The number of thiazole rings is 1. The molecule has 1 saturated heterocycles. The fraction of sp³-hybridized carbons (Fsp3) is 0.400. The quantitative estimate of drug-likeness (QED) is 0.746. The Hall–Kier alpha value is -1.79. The molecule has 108 valence electrons. The lowest BCUT2D eigenvalue weighted by molar-refractivity contribution is 0.138. The Morgan fingerprint density at radius 3 is 3.19 bits per heavy atom. The van der Waals surface area contributed by atoms with Crippen LogP contribution in [-0.4, -0.2) is 30.8 Å². The van der Waals surface area contributed by atoms with Gasteiger partial charge in [0.25, 0.3) is 0 Å². The van der Waals surface area contributed by atoms with Crippen LogP contribution in [0.15, 0.2) is 36.4 Å². The highest BCUT2D eigenvalue weighted by molar-refractivity contribution is 7.09. The Bertz CT molecular complexity index is 721. The molecule has 0 bridgehead atoms. The average molecular weight is 299 g/mol. The molecule has 0 N–H and O–H groups in total. The van der Waals surface area contributed by atoms with Crippen molar-refractivity contribution >= 4 is 17.1 Å². The monoisotopic (exact) mass is 299 g/mol. The Balaban J connectivity index is 1.63. The summed E-state index contributed by atoms with van der Waals surface area (Å²) < 4.78 is 1.96. The van der Waals surface area contributed by atoms with Gasteiger partial charge in [-0.25, -0.2) is 9.97 Å². The minimum Gasteiger partial charge on any atom is -0.291 e. The number of likely N-dealkylation sites (tertiary alicyclic amines) is 1. The smallest absolute Gasteiger partial charge is 0.233 e. The second kappa shape index (κ2) is 5.54. The fourth-order valence-corrected chi connectivity index (χ4v) is 3.66. The third-order valence-corrected chi connectivity index (χ3v) is 4.85. The molecule has 0 saturated carbocycles. The van der Waals surface area contributed by atoms with Crippen LogP contribution in [0.3, 0.4) is 0 Å². The molecule has 3 aromatic heterocycles. The fourth-order valence-electron chi connectivity index (χ4n) is 3.04. The maximum Gasteiger partial charge on any atom is 0.233 e. The largest absolute Gasteiger partial charge is 0.291 e. The summed E-state index contributed by atoms with van der Waals surface area (Å²) in [6.07, 6.45) is 11.5. The number of hydrogen-bond acceptors (Lipinski definition) is 5. The van der Waals surface area contributed by atoms with Crippen LogP contribution in [-0.2, 0) is 6.54 Å². The first-order valence-electron chi connectivity index (χ1n) is 7.31. The molecular weight excluding hydrogens is 282 g/mol. The molecule has 0 aliphatic carbocycles. The van der Waals surface area contributed by atoms with Gasteiger partial charge in [-0.1, -0.05) is 6.42 Å². The summed E-state index contributed by atoms with van der Waals surface area (Å²) in [4.78, 5) is 17.1. The van der Waals surface area contributed by atoms with Crippen molar-refractivity contribution in [2.45, 2.75) is 31.8 Å². The molecule has 0 radical (unpaired) electrons. The molecular formula is C15H17N5S. The van der Waals surface area contributed by atoms with Gasteiger partial charge in [0.05, 0.1) is 17.2 Å². The number of hydrogen-bond donors (Lipinski definition) is 0. The van der Waals surface area contributed by atoms with E-state index in [9.17, 15) is 0 Å². The van der Waals surface area contributed by atoms with Gasteiger partial charge in [-0.3, -0.25) is 14.3 Å². The van der Waals surface area contributed by atoms with Gasteiger partial charge in [-0.15, -0.1) is 11.3 Å². The Morgan fingerprint density at radius 2 is 2.29 bits per heavy atom. The van der Waals surface area contributed by atoms with E-state index >= 15 is 0 Å². The Kier molecular flexibility index (Phi) is 3.40. The van der Waals surface area contributed by atoms with Gasteiger partial charge in [0.1, 0.15) is 0 Å². The second-order valence-electron chi connectivity index (χ2n) is 5.44. The van der Waals surface area contributed by atoms with Gasteiger partial charge in [0.2, 0.25) is 5.78 Å². The van der Waals surface area contributed by atoms with Crippen molar-refractivity contribution in [2.75, 3.05) is 6.54 Å². The van der Waals surface area contributed by atoms with Crippen LogP contribution in [0.2, 0.25) is 0 Å². The molecule has 3 aromatic rings. The summed E-state index contributed by atoms with van der Waals surface area (Å²) in [5.74, 6) is 0.788. The zero-order valence-electron chi connectivity index (χ0n) is 11.7. The minimum atomic E-state index is 0.391. The number of aromatic nitrogens is 4. The maximum absolute atomic E-state index is 4.74. The normalized spacial score (nSPS) is 20.1. The van der Waals surface area contributed by atoms with Gasteiger partial charge in [-0.2, -0.15) is 0 Å². The van der Waals surface area contributed by atoms with E-state index in [4.69, 9.17) is 4.98 Å². The summed E-state index contributed by atoms with van der Waals surface area (Å²) in [6.45, 7) is 2.10. The van der Waals surface area contributed by atoms with Crippen molar-refractivity contribution in [3.8, 4) is 0 Å². The highest BCUT2D eigenvalue weighted by atomic mass is 32.1. The summed E-state index contributed by atoms with van der Waals surface area (Å²) in [5, 5.41) is 0. The van der Waals surface area contributed by atoms with E-state index in [1.807, 2.05) is 22.3 Å². The van der Waals surface area contributed by atoms with Crippen molar-refractivity contribution in [3.05, 3.63) is 46.9 Å². The number of imidazole rings is 1. The summed E-state index contributed by atoms with van der Waals surface area (Å²) >= 11 is 1.73. The van der Waals surface area contributed by atoms with E-state index in [0.29, 0.717) is 6.04 Å². The summed E-state index contributed by atoms with van der Waals surface area (Å²) in [7, 11) is 0. The summed E-state index contributed by atoms with van der Waals surface area (Å²) in [6, 6.07) is 2.52. The van der Waals surface area contributed by atoms with Crippen LogP contribution >= 0.6 is 11.3 Å². The lowest BCUT2D eigenvalue weighted by Gasteiger charge is -2.34. The van der Waals surface area contributed by atoms with Crippen LogP contribution < -0.4 is 0 Å². The molecule has 0 spiro atoms. The third-order valence-electron chi connectivity index (χ3n) is 4.08. The van der Waals surface area contributed by atoms with E-state index < -0.39 is 0 Å². The highest BCUT2D eigenvalue weighted by Gasteiger charge is 2.25. The van der Waals surface area contributed by atoms with Crippen LogP contribution in [0.1, 0.15) is 35.9 Å². The van der Waals surface area contributed by atoms with Crippen LogP contribution in [0, 0.1) is 0 Å². The first kappa shape index (κ1) is 12.9. The lowest BCUT2D eigenvalue weighted by Crippen LogP contribution is -2.33. The third kappa shape index (κ3) is 2.56. The minimum absolute atomic E-state index is 0.391. The molecule has 0 amide bonds. The van der Waals surface area contributed by atoms with Gasteiger partial charge >= 0.3 is 0 Å². The van der Waals surface area contributed by atoms with Crippen LogP contribution in [0.25, 0.3) is 5.78 Å². The summed E-state index contributed by atoms with van der Waals surface area (Å²) in [5.41, 5.74) is 3.04. The molecule has 1 aliphatic rings. The predicted molar refractivity (Wildman–Crippen MR) is 82.1 cm³/mol. The standard InChI is InChI=1S/C15H17N5S/c1-2-6-20(10-12-9-16-11-21-12)14(3-1)13-4-7-19-8-5-17-15(19)18-13/h4-5,7-9,11,14H,1-3,6,10H2. The highest BCUT2D eigenvalue weighted by Crippen LogP contribution is 2.31. The molecule has 4 heterocycles. The molecule has 0 aromatic carbocycles. The van der Waals surface area contributed by atoms with E-state index in [-0.39, 0.29) is 0 Å². The average Bonchev–Trinajstić information content (AvgIpc) is 3.18. The van der Waals surface area contributed by atoms with E-state index in [0.717, 1.165) is 24.6 Å². The lowest BCUT2D eigenvalue weighted by atomic mass is 9.99. The van der Waals surface area contributed by atoms with Crippen LogP contribution in [0.5, 0.6) is 0 Å². The van der Waals surface area contributed by atoms with Crippen molar-refractivity contribution in [1.29, 1.82) is 0 Å². The predicted octanol–water partition coefficient (Wildman–Crippen LogP) is 2.91. The molecule has 21 heavy (non-hydrogen) atoms. The molecule has 5 nitrogen and oxygen atoms in total. The van der Waals surface area contributed by atoms with Crippen molar-refractivity contribution in [2.24, 2.45) is 0 Å². The van der Waals surface area contributed by atoms with Gasteiger partial charge in [-0.05, 0) is 25.5 Å². The van der Waals surface area contributed by atoms with E-state index in [1.165, 1.54) is 24.1 Å². The van der Waals surface area contributed by atoms with Gasteiger partial charge in [0, 0.05) is 36.2 Å². The molecule has 1 unspecified atom stereocenters. The number of piperidine rings is 1. The second-order valence-corrected chi connectivity index (χ2v) is 6.41. The Morgan fingerprint density at radius 1 is 1.29 bits per heavy atom. The van der Waals surface area contributed by atoms with E-state index in [1.54, 1.807) is 17.5 Å². The molecule has 1 atom stereocenters. The molecule has 4 rings (SSSR count). The Labute approximate surface area is 127 Å². The van der Waals surface area contributed by atoms with Gasteiger partial charge < -0.3 is 0 Å². The number of fused-ring (bicyclic) bond motifs is 1. The van der Waals surface area contributed by atoms with E-state index in [2.05, 4.69) is 27.1 Å². The molecule has 1 fully saturated rings. The van der Waals surface area contributed by atoms with Crippen molar-refractivity contribution in [3.63, 3.8) is 0 Å². The first-order chi connectivity index (χ1) is 10.4. The SMILES string of the molecule is c1cn2ccc(C3CCCCN3Cc3cncs3)nc2n1. The first-order valence-corrected chi connectivity index (χ1v) is 8.19. The maximum atomic E-state index is 4.74. The van der Waals surface area contributed by atoms with Crippen molar-refractivity contribution in [1.82, 2.24) is 24.3 Å². The topological polar surface area (TPSA) is 46.3 Å². The zero-order valence-corrected chi connectivity index (χ0v) is 12.5. The van der Waals surface area contributed by atoms with Crippen LogP contribution in [0.4, 0.5) is 0 Å². The molecule has 1 aliphatic heterocycles. The van der Waals surface area contributed by atoms with Crippen molar-refractivity contribution < 1.29 is 0 Å². The number of rotatable bonds is 3. The number of nitrogens with zero attached hydrogens (tertiary/aromatic N) is 5.